The van der Waals surface area contributed by atoms with Crippen LogP contribution in [0.2, 0.25) is 0 Å². The van der Waals surface area contributed by atoms with E-state index in [1.165, 1.54) is 12.4 Å². The second kappa shape index (κ2) is 5.35. The summed E-state index contributed by atoms with van der Waals surface area (Å²) in [6, 6.07) is 0. The molecule has 1 aliphatic carbocycles. The van der Waals surface area contributed by atoms with E-state index >= 15 is 0 Å². The highest BCUT2D eigenvalue weighted by atomic mass is 16.5. The van der Waals surface area contributed by atoms with Crippen molar-refractivity contribution in [2.24, 2.45) is 0 Å². The first-order valence-corrected chi connectivity index (χ1v) is 7.47. The molecule has 0 atom stereocenters. The molecule has 3 aromatic rings. The van der Waals surface area contributed by atoms with Gasteiger partial charge in [-0.05, 0) is 26.2 Å². The highest BCUT2D eigenvalue weighted by Crippen LogP contribution is 2.36. The van der Waals surface area contributed by atoms with Crippen LogP contribution in [0, 0.1) is 6.92 Å². The lowest BCUT2D eigenvalue weighted by atomic mass is 10.0. The quantitative estimate of drug-likeness (QED) is 0.758. The Morgan fingerprint density at radius 2 is 2.26 bits per heavy atom. The molecule has 7 heteroatoms. The second-order valence-corrected chi connectivity index (χ2v) is 5.53. The Kier molecular flexibility index (Phi) is 3.18. The Morgan fingerprint density at radius 1 is 1.35 bits per heavy atom. The molecule has 7 nitrogen and oxygen atoms in total. The van der Waals surface area contributed by atoms with Crippen LogP contribution in [0.3, 0.4) is 0 Å². The van der Waals surface area contributed by atoms with Crippen LogP contribution < -0.4 is 5.32 Å². The third-order valence-electron chi connectivity index (χ3n) is 4.08. The molecule has 0 aliphatic heterocycles. The van der Waals surface area contributed by atoms with E-state index in [1.807, 2.05) is 6.92 Å². The molecule has 0 spiro atoms. The summed E-state index contributed by atoms with van der Waals surface area (Å²) < 4.78 is 5.51. The molecule has 1 amide bonds. The third-order valence-corrected chi connectivity index (χ3v) is 4.08. The minimum absolute atomic E-state index is 0.245. The topological polar surface area (TPSA) is 96.7 Å². The molecular weight excluding hydrogens is 294 g/mol. The zero-order valence-corrected chi connectivity index (χ0v) is 12.6. The zero-order chi connectivity index (χ0) is 15.8. The standard InChI is InChI=1S/C16H15N5O2/c1-9-10-3-2-4-12-14(15(10)23-21-9)11(7-19-12)16(22)20-13-8-17-5-6-18-13/h5-8,19H,2-4H2,1H3,(H,18,20,22). The van der Waals surface area contributed by atoms with E-state index in [0.29, 0.717) is 17.1 Å². The molecule has 0 saturated carbocycles. The number of H-pyrrole nitrogens is 1. The fourth-order valence-electron chi connectivity index (χ4n) is 2.97. The van der Waals surface area contributed by atoms with Crippen LogP contribution in [-0.4, -0.2) is 26.0 Å². The van der Waals surface area contributed by atoms with Crippen molar-refractivity contribution in [3.05, 3.63) is 47.3 Å². The number of hydrogen-bond acceptors (Lipinski definition) is 5. The largest absolute Gasteiger partial charge is 0.364 e. The van der Waals surface area contributed by atoms with E-state index in [-0.39, 0.29) is 5.91 Å². The molecule has 4 rings (SSSR count). The van der Waals surface area contributed by atoms with Crippen LogP contribution in [0.25, 0.3) is 11.3 Å². The molecule has 0 unspecified atom stereocenters. The van der Waals surface area contributed by atoms with Crippen molar-refractivity contribution in [1.82, 2.24) is 20.1 Å². The SMILES string of the molecule is Cc1noc2c1CCCc1[nH]cc(C(=O)Nc3cnccn3)c1-2. The van der Waals surface area contributed by atoms with E-state index in [1.54, 1.807) is 12.4 Å². The fourth-order valence-corrected chi connectivity index (χ4v) is 2.97. The maximum absolute atomic E-state index is 12.6. The van der Waals surface area contributed by atoms with Crippen molar-refractivity contribution in [3.8, 4) is 11.3 Å². The summed E-state index contributed by atoms with van der Waals surface area (Å²) in [6.07, 6.45) is 9.08. The molecule has 2 N–H and O–H groups in total. The van der Waals surface area contributed by atoms with Crippen LogP contribution in [-0.2, 0) is 12.8 Å². The number of nitrogens with zero attached hydrogens (tertiary/aromatic N) is 3. The lowest BCUT2D eigenvalue weighted by molar-refractivity contribution is 0.102. The molecule has 23 heavy (non-hydrogen) atoms. The van der Waals surface area contributed by atoms with E-state index in [0.717, 1.165) is 41.8 Å². The van der Waals surface area contributed by atoms with Gasteiger partial charge in [0.15, 0.2) is 11.6 Å². The summed E-state index contributed by atoms with van der Waals surface area (Å²) in [5.41, 5.74) is 4.31. The van der Waals surface area contributed by atoms with Crippen LogP contribution in [0.1, 0.15) is 33.7 Å². The van der Waals surface area contributed by atoms with Gasteiger partial charge in [0.25, 0.3) is 5.91 Å². The summed E-state index contributed by atoms with van der Waals surface area (Å²) in [5.74, 6) is 0.862. The number of nitrogens with one attached hydrogen (secondary N) is 2. The summed E-state index contributed by atoms with van der Waals surface area (Å²) >= 11 is 0. The van der Waals surface area contributed by atoms with Crippen LogP contribution in [0.4, 0.5) is 5.82 Å². The van der Waals surface area contributed by atoms with Crippen molar-refractivity contribution < 1.29 is 9.32 Å². The number of anilines is 1. The number of aryl methyl sites for hydroxylation is 2. The number of carbonyl (C=O) groups is 1. The summed E-state index contributed by atoms with van der Waals surface area (Å²) in [4.78, 5) is 23.8. The minimum atomic E-state index is -0.245. The predicted octanol–water partition coefficient (Wildman–Crippen LogP) is 2.51. The summed E-state index contributed by atoms with van der Waals surface area (Å²) in [7, 11) is 0. The van der Waals surface area contributed by atoms with Crippen molar-refractivity contribution >= 4 is 11.7 Å². The van der Waals surface area contributed by atoms with Gasteiger partial charge < -0.3 is 14.8 Å². The molecule has 0 radical (unpaired) electrons. The van der Waals surface area contributed by atoms with E-state index in [2.05, 4.69) is 25.4 Å². The lowest BCUT2D eigenvalue weighted by Gasteiger charge is -2.05. The maximum Gasteiger partial charge on any atom is 0.259 e. The van der Waals surface area contributed by atoms with Gasteiger partial charge in [0.2, 0.25) is 0 Å². The van der Waals surface area contributed by atoms with E-state index in [4.69, 9.17) is 4.52 Å². The molecule has 0 bridgehead atoms. The van der Waals surface area contributed by atoms with Gasteiger partial charge in [0.05, 0.1) is 23.0 Å². The molecule has 0 fully saturated rings. The smallest absolute Gasteiger partial charge is 0.259 e. The first-order valence-electron chi connectivity index (χ1n) is 7.47. The third kappa shape index (κ3) is 2.30. The number of carbonyl (C=O) groups excluding carboxylic acids is 1. The normalized spacial score (nSPS) is 13.1. The molecule has 0 saturated heterocycles. The Hall–Kier alpha value is -2.96. The molecule has 0 aromatic carbocycles. The number of rotatable bonds is 2. The number of fused-ring (bicyclic) bond motifs is 3. The van der Waals surface area contributed by atoms with E-state index < -0.39 is 0 Å². The monoisotopic (exact) mass is 309 g/mol. The molecule has 3 heterocycles. The highest BCUT2D eigenvalue weighted by Gasteiger charge is 2.27. The molecule has 1 aliphatic rings. The predicted molar refractivity (Wildman–Crippen MR) is 83.0 cm³/mol. The Bertz CT molecular complexity index is 866. The van der Waals surface area contributed by atoms with Crippen molar-refractivity contribution in [3.63, 3.8) is 0 Å². The lowest BCUT2D eigenvalue weighted by Crippen LogP contribution is -2.13. The minimum Gasteiger partial charge on any atom is -0.364 e. The first kappa shape index (κ1) is 13.7. The van der Waals surface area contributed by atoms with Gasteiger partial charge in [-0.2, -0.15) is 0 Å². The molecular formula is C16H15N5O2. The molecule has 3 aromatic heterocycles. The Labute approximate surface area is 132 Å². The summed E-state index contributed by atoms with van der Waals surface area (Å²) in [6.45, 7) is 1.93. The van der Waals surface area contributed by atoms with Crippen molar-refractivity contribution in [2.75, 3.05) is 5.32 Å². The van der Waals surface area contributed by atoms with Gasteiger partial charge in [0.1, 0.15) is 0 Å². The van der Waals surface area contributed by atoms with Gasteiger partial charge >= 0.3 is 0 Å². The van der Waals surface area contributed by atoms with Crippen LogP contribution in [0.5, 0.6) is 0 Å². The van der Waals surface area contributed by atoms with Crippen molar-refractivity contribution in [2.45, 2.75) is 26.2 Å². The average molecular weight is 309 g/mol. The number of aromatic amines is 1. The number of amides is 1. The first-order chi connectivity index (χ1) is 11.2. The van der Waals surface area contributed by atoms with Gasteiger partial charge in [0, 0.05) is 29.8 Å². The fraction of sp³-hybridized carbons (Fsp3) is 0.250. The Morgan fingerprint density at radius 3 is 3.09 bits per heavy atom. The van der Waals surface area contributed by atoms with Crippen molar-refractivity contribution in [1.29, 1.82) is 0 Å². The van der Waals surface area contributed by atoms with Crippen LogP contribution in [0.15, 0.2) is 29.3 Å². The van der Waals surface area contributed by atoms with Gasteiger partial charge in [-0.1, -0.05) is 5.16 Å². The highest BCUT2D eigenvalue weighted by molar-refractivity contribution is 6.08. The Balaban J connectivity index is 1.76. The van der Waals surface area contributed by atoms with Gasteiger partial charge in [-0.25, -0.2) is 4.98 Å². The van der Waals surface area contributed by atoms with Crippen LogP contribution >= 0.6 is 0 Å². The molecule has 116 valence electrons. The second-order valence-electron chi connectivity index (χ2n) is 5.53. The summed E-state index contributed by atoms with van der Waals surface area (Å²) in [5, 5.41) is 6.82. The van der Waals surface area contributed by atoms with E-state index in [9.17, 15) is 4.79 Å². The number of aromatic nitrogens is 4. The van der Waals surface area contributed by atoms with Gasteiger partial charge in [-0.3, -0.25) is 9.78 Å². The maximum atomic E-state index is 12.6. The zero-order valence-electron chi connectivity index (χ0n) is 12.6. The number of hydrogen-bond donors (Lipinski definition) is 2. The van der Waals surface area contributed by atoms with Gasteiger partial charge in [-0.15, -0.1) is 0 Å². The average Bonchev–Trinajstić information content (AvgIpc) is 3.08.